The normalized spacial score (nSPS) is 13.7. The zero-order chi connectivity index (χ0) is 12.2. The summed E-state index contributed by atoms with van der Waals surface area (Å²) in [5, 5.41) is 0. The first-order valence-corrected chi connectivity index (χ1v) is 6.43. The van der Waals surface area contributed by atoms with Gasteiger partial charge in [-0.05, 0) is 26.0 Å². The van der Waals surface area contributed by atoms with Gasteiger partial charge >= 0.3 is 0 Å². The van der Waals surface area contributed by atoms with Crippen molar-refractivity contribution < 1.29 is 17.0 Å². The second-order valence-corrected chi connectivity index (χ2v) is 5.27. The van der Waals surface area contributed by atoms with Crippen molar-refractivity contribution in [3.8, 4) is 0 Å². The summed E-state index contributed by atoms with van der Waals surface area (Å²) >= 11 is 0. The second kappa shape index (κ2) is 5.41. The molecular formula is C11H15FO3S. The lowest BCUT2D eigenvalue weighted by molar-refractivity contribution is 0.251. The van der Waals surface area contributed by atoms with E-state index in [2.05, 4.69) is 0 Å². The molecule has 0 aromatic heterocycles. The van der Waals surface area contributed by atoms with E-state index in [4.69, 9.17) is 4.18 Å². The predicted octanol–water partition coefficient (Wildman–Crippen LogP) is 2.45. The molecule has 0 heterocycles. The van der Waals surface area contributed by atoms with Gasteiger partial charge in [0.25, 0.3) is 10.1 Å². The Morgan fingerprint density at radius 1 is 1.31 bits per heavy atom. The Kier molecular flexibility index (Phi) is 4.44. The Bertz CT molecular complexity index is 423. The molecule has 90 valence electrons. The molecule has 0 aliphatic rings. The number of halogens is 1. The van der Waals surface area contributed by atoms with Crippen LogP contribution in [0.5, 0.6) is 0 Å². The van der Waals surface area contributed by atoms with Crippen LogP contribution in [0.3, 0.4) is 0 Å². The van der Waals surface area contributed by atoms with Gasteiger partial charge in [-0.2, -0.15) is 8.42 Å². The van der Waals surface area contributed by atoms with Crippen LogP contribution in [0.1, 0.15) is 18.9 Å². The summed E-state index contributed by atoms with van der Waals surface area (Å²) in [5.41, 5.74) is 0.969. The SMILES string of the molecule is Cc1ccc(S(=O)(=O)OCC[C@@H](C)F)cc1. The summed E-state index contributed by atoms with van der Waals surface area (Å²) in [5.74, 6) is 0. The van der Waals surface area contributed by atoms with E-state index in [1.165, 1.54) is 19.1 Å². The largest absolute Gasteiger partial charge is 0.296 e. The van der Waals surface area contributed by atoms with Gasteiger partial charge in [-0.3, -0.25) is 4.18 Å². The highest BCUT2D eigenvalue weighted by atomic mass is 32.2. The first-order chi connectivity index (χ1) is 7.42. The van der Waals surface area contributed by atoms with Gasteiger partial charge in [-0.25, -0.2) is 4.39 Å². The van der Waals surface area contributed by atoms with E-state index >= 15 is 0 Å². The number of hydrogen-bond acceptors (Lipinski definition) is 3. The molecule has 0 spiro atoms. The molecule has 1 aromatic rings. The number of aryl methyl sites for hydroxylation is 1. The minimum absolute atomic E-state index is 0.0745. The Morgan fingerprint density at radius 3 is 2.38 bits per heavy atom. The summed E-state index contributed by atoms with van der Waals surface area (Å²) in [6, 6.07) is 6.33. The molecule has 1 atom stereocenters. The molecule has 5 heteroatoms. The fourth-order valence-electron chi connectivity index (χ4n) is 1.09. The molecule has 1 rings (SSSR count). The quantitative estimate of drug-likeness (QED) is 0.749. The second-order valence-electron chi connectivity index (χ2n) is 3.66. The minimum atomic E-state index is -3.74. The third-order valence-electron chi connectivity index (χ3n) is 2.06. The van der Waals surface area contributed by atoms with Crippen molar-refractivity contribution in [2.24, 2.45) is 0 Å². The summed E-state index contributed by atoms with van der Waals surface area (Å²) in [6.45, 7) is 3.10. The van der Waals surface area contributed by atoms with Crippen LogP contribution in [0.4, 0.5) is 4.39 Å². The van der Waals surface area contributed by atoms with Gasteiger partial charge in [0.2, 0.25) is 0 Å². The number of benzene rings is 1. The molecule has 0 saturated heterocycles. The van der Waals surface area contributed by atoms with Crippen molar-refractivity contribution >= 4 is 10.1 Å². The van der Waals surface area contributed by atoms with Crippen molar-refractivity contribution in [2.45, 2.75) is 31.3 Å². The molecule has 0 radical (unpaired) electrons. The Hall–Kier alpha value is -0.940. The van der Waals surface area contributed by atoms with Crippen molar-refractivity contribution in [1.29, 1.82) is 0 Å². The molecule has 0 unspecified atom stereocenters. The number of alkyl halides is 1. The maximum atomic E-state index is 12.5. The lowest BCUT2D eigenvalue weighted by atomic mass is 10.2. The molecule has 16 heavy (non-hydrogen) atoms. The summed E-state index contributed by atoms with van der Waals surface area (Å²) in [6.07, 6.45) is -0.987. The van der Waals surface area contributed by atoms with Gasteiger partial charge < -0.3 is 0 Å². The maximum Gasteiger partial charge on any atom is 0.296 e. The molecule has 1 aromatic carbocycles. The highest BCUT2D eigenvalue weighted by Gasteiger charge is 2.14. The summed E-state index contributed by atoms with van der Waals surface area (Å²) in [7, 11) is -3.74. The lowest BCUT2D eigenvalue weighted by Gasteiger charge is -2.06. The third-order valence-corrected chi connectivity index (χ3v) is 3.39. The van der Waals surface area contributed by atoms with Gasteiger partial charge in [0.1, 0.15) is 0 Å². The minimum Gasteiger partial charge on any atom is -0.266 e. The smallest absolute Gasteiger partial charge is 0.266 e. The maximum absolute atomic E-state index is 12.5. The summed E-state index contributed by atoms with van der Waals surface area (Å²) < 4.78 is 40.3. The van der Waals surface area contributed by atoms with Crippen LogP contribution in [-0.2, 0) is 14.3 Å². The highest BCUT2D eigenvalue weighted by Crippen LogP contribution is 2.13. The van der Waals surface area contributed by atoms with E-state index in [0.29, 0.717) is 0 Å². The monoisotopic (exact) mass is 246 g/mol. The third kappa shape index (κ3) is 3.90. The zero-order valence-corrected chi connectivity index (χ0v) is 10.1. The van der Waals surface area contributed by atoms with Gasteiger partial charge in [0.15, 0.2) is 0 Å². The Balaban J connectivity index is 2.67. The number of rotatable bonds is 5. The molecule has 0 N–H and O–H groups in total. The fraction of sp³-hybridized carbons (Fsp3) is 0.455. The van der Waals surface area contributed by atoms with Crippen LogP contribution in [-0.4, -0.2) is 21.2 Å². The van der Waals surface area contributed by atoms with E-state index in [1.807, 2.05) is 6.92 Å². The Morgan fingerprint density at radius 2 is 1.88 bits per heavy atom. The van der Waals surface area contributed by atoms with Crippen LogP contribution in [0, 0.1) is 6.92 Å². The van der Waals surface area contributed by atoms with Crippen molar-refractivity contribution in [3.05, 3.63) is 29.8 Å². The van der Waals surface area contributed by atoms with E-state index in [-0.39, 0.29) is 17.9 Å². The summed E-state index contributed by atoms with van der Waals surface area (Å²) in [4.78, 5) is 0.101. The van der Waals surface area contributed by atoms with E-state index in [0.717, 1.165) is 5.56 Å². The molecule has 0 fully saturated rings. The highest BCUT2D eigenvalue weighted by molar-refractivity contribution is 7.86. The van der Waals surface area contributed by atoms with Crippen molar-refractivity contribution in [1.82, 2.24) is 0 Å². The molecule has 0 bridgehead atoms. The molecule has 0 aliphatic heterocycles. The van der Waals surface area contributed by atoms with Gasteiger partial charge in [-0.1, -0.05) is 17.7 Å². The Labute approximate surface area is 95.4 Å². The van der Waals surface area contributed by atoms with Gasteiger partial charge in [0, 0.05) is 6.42 Å². The van der Waals surface area contributed by atoms with Gasteiger partial charge in [0.05, 0.1) is 17.7 Å². The van der Waals surface area contributed by atoms with Gasteiger partial charge in [-0.15, -0.1) is 0 Å². The molecule has 0 aliphatic carbocycles. The average molecular weight is 246 g/mol. The van der Waals surface area contributed by atoms with Crippen LogP contribution >= 0.6 is 0 Å². The van der Waals surface area contributed by atoms with Crippen molar-refractivity contribution in [3.63, 3.8) is 0 Å². The van der Waals surface area contributed by atoms with Crippen LogP contribution < -0.4 is 0 Å². The predicted molar refractivity (Wildman–Crippen MR) is 59.5 cm³/mol. The van der Waals surface area contributed by atoms with Crippen LogP contribution in [0.2, 0.25) is 0 Å². The van der Waals surface area contributed by atoms with Crippen LogP contribution in [0.25, 0.3) is 0 Å². The first-order valence-electron chi connectivity index (χ1n) is 5.02. The molecule has 0 amide bonds. The number of hydrogen-bond donors (Lipinski definition) is 0. The fourth-order valence-corrected chi connectivity index (χ4v) is 2.01. The average Bonchev–Trinajstić information content (AvgIpc) is 2.17. The van der Waals surface area contributed by atoms with Crippen molar-refractivity contribution in [2.75, 3.05) is 6.61 Å². The molecule has 0 saturated carbocycles. The van der Waals surface area contributed by atoms with E-state index in [9.17, 15) is 12.8 Å². The first kappa shape index (κ1) is 13.1. The lowest BCUT2D eigenvalue weighted by Crippen LogP contribution is -2.10. The molecule has 3 nitrogen and oxygen atoms in total. The van der Waals surface area contributed by atoms with E-state index < -0.39 is 16.3 Å². The standard InChI is InChI=1S/C11H15FO3S/c1-9-3-5-11(6-4-9)16(13,14)15-8-7-10(2)12/h3-6,10H,7-8H2,1-2H3/t10-/m1/s1. The topological polar surface area (TPSA) is 43.4 Å². The molecular weight excluding hydrogens is 231 g/mol. The van der Waals surface area contributed by atoms with E-state index in [1.54, 1.807) is 12.1 Å². The zero-order valence-electron chi connectivity index (χ0n) is 9.31. The van der Waals surface area contributed by atoms with Crippen LogP contribution in [0.15, 0.2) is 29.2 Å².